The van der Waals surface area contributed by atoms with Crippen molar-refractivity contribution in [2.24, 2.45) is 0 Å². The Hall–Kier alpha value is -1.52. The number of benzene rings is 1. The lowest BCUT2D eigenvalue weighted by Gasteiger charge is -2.00. The first-order valence-electron chi connectivity index (χ1n) is 5.51. The van der Waals surface area contributed by atoms with Crippen LogP contribution >= 0.6 is 23.1 Å². The van der Waals surface area contributed by atoms with Gasteiger partial charge in [-0.25, -0.2) is 4.79 Å². The highest BCUT2D eigenvalue weighted by Gasteiger charge is 2.06. The van der Waals surface area contributed by atoms with Gasteiger partial charge in [0.25, 0.3) is 0 Å². The molecule has 0 saturated carbocycles. The molecule has 0 fully saturated rings. The zero-order valence-electron chi connectivity index (χ0n) is 9.46. The quantitative estimate of drug-likeness (QED) is 0.672. The molecule has 1 aromatic carbocycles. The lowest BCUT2D eigenvalue weighted by molar-refractivity contribution is 0.486. The minimum Gasteiger partial charge on any atom is -0.426 e. The summed E-state index contributed by atoms with van der Waals surface area (Å²) in [6.45, 7) is 0. The number of hydrogen-bond acceptors (Lipinski definition) is 4. The molecule has 18 heavy (non-hydrogen) atoms. The van der Waals surface area contributed by atoms with E-state index in [0.29, 0.717) is 10.5 Å². The lowest BCUT2D eigenvalue weighted by atomic mass is 10.3. The van der Waals surface area contributed by atoms with E-state index < -0.39 is 0 Å². The van der Waals surface area contributed by atoms with E-state index in [1.54, 1.807) is 11.8 Å². The largest absolute Gasteiger partial charge is 0.426 e. The fourth-order valence-corrected chi connectivity index (χ4v) is 3.26. The molecule has 3 rings (SSSR count). The van der Waals surface area contributed by atoms with Crippen LogP contribution in [0, 0.1) is 0 Å². The molecule has 90 valence electrons. The molecule has 0 unspecified atom stereocenters. The maximum Gasteiger partial charge on any atom is 0.354 e. The van der Waals surface area contributed by atoms with Crippen molar-refractivity contribution in [3.8, 4) is 0 Å². The maximum absolute atomic E-state index is 11.7. The monoisotopic (exact) mass is 274 g/mol. The van der Waals surface area contributed by atoms with Crippen molar-refractivity contribution in [1.82, 2.24) is 0 Å². The Morgan fingerprint density at radius 2 is 2.00 bits per heavy atom. The van der Waals surface area contributed by atoms with Crippen molar-refractivity contribution in [1.29, 1.82) is 0 Å². The minimum atomic E-state index is -0.230. The average Bonchev–Trinajstić information content (AvgIpc) is 2.86. The second-order valence-electron chi connectivity index (χ2n) is 3.81. The molecule has 2 nitrogen and oxygen atoms in total. The van der Waals surface area contributed by atoms with Gasteiger partial charge in [0.1, 0.15) is 10.5 Å². The van der Waals surface area contributed by atoms with Gasteiger partial charge in [0, 0.05) is 10.3 Å². The second kappa shape index (κ2) is 5.00. The second-order valence-corrected chi connectivity index (χ2v) is 5.77. The van der Waals surface area contributed by atoms with Crippen LogP contribution in [0.1, 0.15) is 5.76 Å². The zero-order chi connectivity index (χ0) is 12.4. The molecule has 4 heteroatoms. The Bertz CT molecular complexity index is 713. The van der Waals surface area contributed by atoms with E-state index in [1.807, 2.05) is 47.8 Å². The molecular weight excluding hydrogens is 264 g/mol. The molecule has 0 aliphatic carbocycles. The minimum absolute atomic E-state index is 0.230. The number of hydrogen-bond donors (Lipinski definition) is 0. The van der Waals surface area contributed by atoms with E-state index in [0.717, 1.165) is 11.1 Å². The summed E-state index contributed by atoms with van der Waals surface area (Å²) >= 11 is 3.09. The summed E-state index contributed by atoms with van der Waals surface area (Å²) in [5.41, 5.74) is -0.230. The number of rotatable bonds is 3. The predicted molar refractivity (Wildman–Crippen MR) is 76.4 cm³/mol. The van der Waals surface area contributed by atoms with E-state index in [1.165, 1.54) is 16.2 Å². The van der Waals surface area contributed by atoms with Crippen LogP contribution in [0.5, 0.6) is 0 Å². The molecule has 0 spiro atoms. The third-order valence-corrected chi connectivity index (χ3v) is 4.49. The summed E-state index contributed by atoms with van der Waals surface area (Å²) in [6, 6.07) is 14.0. The van der Waals surface area contributed by atoms with Crippen LogP contribution in [0.25, 0.3) is 10.1 Å². The van der Waals surface area contributed by atoms with Crippen LogP contribution in [0.2, 0.25) is 0 Å². The van der Waals surface area contributed by atoms with E-state index >= 15 is 0 Å². The molecular formula is C14H10O2S2. The zero-order valence-corrected chi connectivity index (χ0v) is 11.1. The van der Waals surface area contributed by atoms with Crippen LogP contribution < -0.4 is 5.63 Å². The highest BCUT2D eigenvalue weighted by molar-refractivity contribution is 7.98. The summed E-state index contributed by atoms with van der Waals surface area (Å²) in [5, 5.41) is 2.88. The SMILES string of the molecule is O=c1oc(CSc2ccccc2)cc2ccsc12. The van der Waals surface area contributed by atoms with Gasteiger partial charge < -0.3 is 4.42 Å². The van der Waals surface area contributed by atoms with Gasteiger partial charge >= 0.3 is 5.63 Å². The summed E-state index contributed by atoms with van der Waals surface area (Å²) in [7, 11) is 0. The Balaban J connectivity index is 1.85. The van der Waals surface area contributed by atoms with Gasteiger partial charge in [0.15, 0.2) is 0 Å². The van der Waals surface area contributed by atoms with Crippen molar-refractivity contribution in [2.45, 2.75) is 10.6 Å². The smallest absolute Gasteiger partial charge is 0.354 e. The topological polar surface area (TPSA) is 30.2 Å². The van der Waals surface area contributed by atoms with Crippen LogP contribution in [0.4, 0.5) is 0 Å². The summed E-state index contributed by atoms with van der Waals surface area (Å²) in [5.74, 6) is 1.39. The van der Waals surface area contributed by atoms with Gasteiger partial charge in [-0.1, -0.05) is 18.2 Å². The molecule has 0 aliphatic rings. The molecule has 0 aliphatic heterocycles. The summed E-state index contributed by atoms with van der Waals surface area (Å²) in [6.07, 6.45) is 0. The van der Waals surface area contributed by atoms with Gasteiger partial charge in [-0.3, -0.25) is 0 Å². The standard InChI is InChI=1S/C14H10O2S2/c15-14-13-10(6-7-17-13)8-11(16-14)9-18-12-4-2-1-3-5-12/h1-8H,9H2. The van der Waals surface area contributed by atoms with Crippen LogP contribution in [0.3, 0.4) is 0 Å². The fraction of sp³-hybridized carbons (Fsp3) is 0.0714. The molecule has 0 atom stereocenters. The lowest BCUT2D eigenvalue weighted by Crippen LogP contribution is -1.98. The van der Waals surface area contributed by atoms with Gasteiger partial charge in [-0.15, -0.1) is 23.1 Å². The predicted octanol–water partition coefficient (Wildman–Crippen LogP) is 4.15. The van der Waals surface area contributed by atoms with Crippen LogP contribution in [-0.4, -0.2) is 0 Å². The van der Waals surface area contributed by atoms with Crippen LogP contribution in [-0.2, 0) is 5.75 Å². The van der Waals surface area contributed by atoms with Crippen molar-refractivity contribution in [2.75, 3.05) is 0 Å². The van der Waals surface area contributed by atoms with Gasteiger partial charge in [-0.05, 0) is 29.6 Å². The van der Waals surface area contributed by atoms with Gasteiger partial charge in [0.05, 0.1) is 5.75 Å². The van der Waals surface area contributed by atoms with E-state index in [4.69, 9.17) is 4.42 Å². The number of thioether (sulfide) groups is 1. The van der Waals surface area contributed by atoms with Crippen molar-refractivity contribution >= 4 is 33.2 Å². The third kappa shape index (κ3) is 2.35. The van der Waals surface area contributed by atoms with E-state index in [-0.39, 0.29) is 5.63 Å². The molecule has 2 aromatic heterocycles. The van der Waals surface area contributed by atoms with Crippen molar-refractivity contribution in [3.05, 3.63) is 64.0 Å². The van der Waals surface area contributed by atoms with Crippen LogP contribution in [0.15, 0.2) is 62.0 Å². The normalized spacial score (nSPS) is 10.9. The summed E-state index contributed by atoms with van der Waals surface area (Å²) < 4.78 is 6.00. The Kier molecular flexibility index (Phi) is 3.21. The Morgan fingerprint density at radius 1 is 1.17 bits per heavy atom. The van der Waals surface area contributed by atoms with Gasteiger partial charge in [-0.2, -0.15) is 0 Å². The Morgan fingerprint density at radius 3 is 2.83 bits per heavy atom. The number of thiophene rings is 1. The van der Waals surface area contributed by atoms with Gasteiger partial charge in [0.2, 0.25) is 0 Å². The average molecular weight is 274 g/mol. The highest BCUT2D eigenvalue weighted by atomic mass is 32.2. The molecule has 0 amide bonds. The van der Waals surface area contributed by atoms with E-state index in [2.05, 4.69) is 0 Å². The summed E-state index contributed by atoms with van der Waals surface area (Å²) in [4.78, 5) is 12.9. The molecule has 0 saturated heterocycles. The highest BCUT2D eigenvalue weighted by Crippen LogP contribution is 2.24. The molecule has 0 bridgehead atoms. The molecule has 0 radical (unpaired) electrons. The first-order valence-corrected chi connectivity index (χ1v) is 7.37. The molecule has 2 heterocycles. The fourth-order valence-electron chi connectivity index (χ4n) is 1.71. The number of fused-ring (bicyclic) bond motifs is 1. The molecule has 0 N–H and O–H groups in total. The maximum atomic E-state index is 11.7. The van der Waals surface area contributed by atoms with Crippen molar-refractivity contribution in [3.63, 3.8) is 0 Å². The third-order valence-electron chi connectivity index (χ3n) is 2.55. The van der Waals surface area contributed by atoms with E-state index in [9.17, 15) is 4.79 Å². The molecule has 3 aromatic rings. The Labute approximate surface area is 112 Å². The first-order chi connectivity index (χ1) is 8.83. The first kappa shape index (κ1) is 11.6. The van der Waals surface area contributed by atoms with Crippen molar-refractivity contribution < 1.29 is 4.42 Å².